The number of nitrogens with one attached hydrogen (secondary N) is 1. The number of halogens is 1. The molecule has 2 atom stereocenters. The molecule has 0 saturated carbocycles. The van der Waals surface area contributed by atoms with Crippen LogP contribution >= 0.6 is 11.6 Å². The number of carbonyl (C=O) groups is 1. The fourth-order valence-corrected chi connectivity index (χ4v) is 1.66. The van der Waals surface area contributed by atoms with Crippen LogP contribution in [0.5, 0.6) is 0 Å². The van der Waals surface area contributed by atoms with Crippen LogP contribution in [0.4, 0.5) is 0 Å². The number of rotatable bonds is 3. The SMILES string of the molecule is CC(NC(=O)C(N)C(C)(C)C)c1ccc(Cl)cc1. The van der Waals surface area contributed by atoms with Gasteiger partial charge in [0.1, 0.15) is 0 Å². The van der Waals surface area contributed by atoms with E-state index in [2.05, 4.69) is 5.32 Å². The van der Waals surface area contributed by atoms with E-state index in [9.17, 15) is 4.79 Å². The second-order valence-electron chi connectivity index (χ2n) is 5.63. The Balaban J connectivity index is 2.68. The Morgan fingerprint density at radius 2 is 1.78 bits per heavy atom. The molecule has 0 aliphatic rings. The topological polar surface area (TPSA) is 55.1 Å². The third-order valence-corrected chi connectivity index (χ3v) is 3.20. The molecule has 3 N–H and O–H groups in total. The second-order valence-corrected chi connectivity index (χ2v) is 6.06. The summed E-state index contributed by atoms with van der Waals surface area (Å²) in [5.41, 5.74) is 6.67. The Kier molecular flexibility index (Phi) is 4.77. The predicted octanol–water partition coefficient (Wildman–Crippen LogP) is 2.89. The molecule has 0 aliphatic heterocycles. The fraction of sp³-hybridized carbons (Fsp3) is 0.500. The summed E-state index contributed by atoms with van der Waals surface area (Å²) in [5, 5.41) is 3.60. The molecule has 0 fully saturated rings. The van der Waals surface area contributed by atoms with E-state index in [-0.39, 0.29) is 17.4 Å². The molecule has 0 aromatic heterocycles. The third kappa shape index (κ3) is 4.00. The number of benzene rings is 1. The third-order valence-electron chi connectivity index (χ3n) is 2.94. The number of nitrogens with two attached hydrogens (primary N) is 1. The maximum atomic E-state index is 12.0. The first-order valence-corrected chi connectivity index (χ1v) is 6.41. The van der Waals surface area contributed by atoms with Gasteiger partial charge in [-0.2, -0.15) is 0 Å². The highest BCUT2D eigenvalue weighted by Gasteiger charge is 2.28. The number of amides is 1. The monoisotopic (exact) mass is 268 g/mol. The quantitative estimate of drug-likeness (QED) is 0.886. The summed E-state index contributed by atoms with van der Waals surface area (Å²) < 4.78 is 0. The van der Waals surface area contributed by atoms with Crippen molar-refractivity contribution in [1.29, 1.82) is 0 Å². The highest BCUT2D eigenvalue weighted by molar-refractivity contribution is 6.30. The van der Waals surface area contributed by atoms with Crippen molar-refractivity contribution in [2.45, 2.75) is 39.8 Å². The minimum absolute atomic E-state index is 0.0804. The standard InChI is InChI=1S/C14H21ClN2O/c1-9(10-5-7-11(15)8-6-10)17-13(18)12(16)14(2,3)4/h5-9,12H,16H2,1-4H3,(H,17,18). The average molecular weight is 269 g/mol. The lowest BCUT2D eigenvalue weighted by atomic mass is 9.86. The maximum absolute atomic E-state index is 12.0. The van der Waals surface area contributed by atoms with Crippen LogP contribution in [0.15, 0.2) is 24.3 Å². The van der Waals surface area contributed by atoms with E-state index >= 15 is 0 Å². The summed E-state index contributed by atoms with van der Waals surface area (Å²) in [7, 11) is 0. The first kappa shape index (κ1) is 15.0. The van der Waals surface area contributed by atoms with Crippen LogP contribution in [0.3, 0.4) is 0 Å². The van der Waals surface area contributed by atoms with Crippen LogP contribution in [0.25, 0.3) is 0 Å². The maximum Gasteiger partial charge on any atom is 0.237 e. The molecule has 4 heteroatoms. The van der Waals surface area contributed by atoms with Crippen molar-refractivity contribution < 1.29 is 4.79 Å². The molecule has 0 spiro atoms. The Hall–Kier alpha value is -1.06. The molecule has 0 bridgehead atoms. The van der Waals surface area contributed by atoms with E-state index in [0.29, 0.717) is 5.02 Å². The summed E-state index contributed by atoms with van der Waals surface area (Å²) in [6, 6.07) is 6.81. The molecule has 1 amide bonds. The molecule has 1 aromatic rings. The highest BCUT2D eigenvalue weighted by atomic mass is 35.5. The molecule has 0 heterocycles. The summed E-state index contributed by atoms with van der Waals surface area (Å²) in [6.07, 6.45) is 0. The second kappa shape index (κ2) is 5.72. The van der Waals surface area contributed by atoms with Crippen LogP contribution in [0, 0.1) is 5.41 Å². The number of hydrogen-bond acceptors (Lipinski definition) is 2. The van der Waals surface area contributed by atoms with Gasteiger partial charge in [0.05, 0.1) is 12.1 Å². The molecule has 1 aromatic carbocycles. The van der Waals surface area contributed by atoms with Crippen LogP contribution in [0.1, 0.15) is 39.3 Å². The Morgan fingerprint density at radius 1 is 1.28 bits per heavy atom. The zero-order valence-electron chi connectivity index (χ0n) is 11.3. The first-order chi connectivity index (χ1) is 8.21. The minimum atomic E-state index is -0.521. The Morgan fingerprint density at radius 3 is 2.22 bits per heavy atom. The van der Waals surface area contributed by atoms with Crippen molar-refractivity contribution in [1.82, 2.24) is 5.32 Å². The van der Waals surface area contributed by atoms with Crippen molar-refractivity contribution >= 4 is 17.5 Å². The first-order valence-electron chi connectivity index (χ1n) is 6.03. The molecule has 2 unspecified atom stereocenters. The summed E-state index contributed by atoms with van der Waals surface area (Å²) in [6.45, 7) is 7.77. The smallest absolute Gasteiger partial charge is 0.237 e. The van der Waals surface area contributed by atoms with Crippen molar-refractivity contribution in [2.75, 3.05) is 0 Å². The summed E-state index contributed by atoms with van der Waals surface area (Å²) in [4.78, 5) is 12.0. The van der Waals surface area contributed by atoms with Crippen LogP contribution in [-0.4, -0.2) is 11.9 Å². The zero-order valence-corrected chi connectivity index (χ0v) is 12.1. The fourth-order valence-electron chi connectivity index (χ4n) is 1.53. The zero-order chi connectivity index (χ0) is 13.9. The molecular weight excluding hydrogens is 248 g/mol. The van der Waals surface area contributed by atoms with Gasteiger partial charge in [0.25, 0.3) is 0 Å². The molecule has 0 radical (unpaired) electrons. The van der Waals surface area contributed by atoms with E-state index in [1.54, 1.807) is 0 Å². The van der Waals surface area contributed by atoms with E-state index in [4.69, 9.17) is 17.3 Å². The number of carbonyl (C=O) groups excluding carboxylic acids is 1. The minimum Gasteiger partial charge on any atom is -0.348 e. The van der Waals surface area contributed by atoms with E-state index < -0.39 is 6.04 Å². The van der Waals surface area contributed by atoms with Gasteiger partial charge in [-0.1, -0.05) is 44.5 Å². The predicted molar refractivity (Wildman–Crippen MR) is 75.4 cm³/mol. The van der Waals surface area contributed by atoms with Gasteiger partial charge in [0.15, 0.2) is 0 Å². The normalized spacial score (nSPS) is 15.0. The van der Waals surface area contributed by atoms with E-state index in [0.717, 1.165) is 5.56 Å². The van der Waals surface area contributed by atoms with Gasteiger partial charge < -0.3 is 11.1 Å². The molecule has 18 heavy (non-hydrogen) atoms. The van der Waals surface area contributed by atoms with Gasteiger partial charge in [0, 0.05) is 5.02 Å². The Labute approximate surface area is 114 Å². The van der Waals surface area contributed by atoms with Gasteiger partial charge in [-0.25, -0.2) is 0 Å². The number of hydrogen-bond donors (Lipinski definition) is 2. The van der Waals surface area contributed by atoms with Crippen molar-refractivity contribution in [3.63, 3.8) is 0 Å². The van der Waals surface area contributed by atoms with Gasteiger partial charge >= 0.3 is 0 Å². The van der Waals surface area contributed by atoms with Gasteiger partial charge in [0.2, 0.25) is 5.91 Å². The molecule has 0 aliphatic carbocycles. The van der Waals surface area contributed by atoms with Gasteiger partial charge in [-0.15, -0.1) is 0 Å². The van der Waals surface area contributed by atoms with Crippen molar-refractivity contribution in [3.05, 3.63) is 34.9 Å². The molecule has 0 saturated heterocycles. The van der Waals surface area contributed by atoms with Gasteiger partial charge in [-0.05, 0) is 30.0 Å². The van der Waals surface area contributed by atoms with Crippen LogP contribution in [-0.2, 0) is 4.79 Å². The lowest BCUT2D eigenvalue weighted by molar-refractivity contribution is -0.125. The lowest BCUT2D eigenvalue weighted by Gasteiger charge is -2.27. The van der Waals surface area contributed by atoms with Crippen molar-refractivity contribution in [2.24, 2.45) is 11.1 Å². The van der Waals surface area contributed by atoms with E-state index in [1.807, 2.05) is 52.0 Å². The van der Waals surface area contributed by atoms with E-state index in [1.165, 1.54) is 0 Å². The molecular formula is C14H21ClN2O. The highest BCUT2D eigenvalue weighted by Crippen LogP contribution is 2.20. The van der Waals surface area contributed by atoms with Gasteiger partial charge in [-0.3, -0.25) is 4.79 Å². The lowest BCUT2D eigenvalue weighted by Crippen LogP contribution is -2.49. The largest absolute Gasteiger partial charge is 0.348 e. The molecule has 3 nitrogen and oxygen atoms in total. The van der Waals surface area contributed by atoms with Crippen LogP contribution < -0.4 is 11.1 Å². The average Bonchev–Trinajstić information content (AvgIpc) is 2.27. The molecule has 100 valence electrons. The Bertz CT molecular complexity index is 409. The molecule has 1 rings (SSSR count). The van der Waals surface area contributed by atoms with Crippen LogP contribution in [0.2, 0.25) is 5.02 Å². The summed E-state index contributed by atoms with van der Waals surface area (Å²) >= 11 is 5.83. The van der Waals surface area contributed by atoms with Crippen molar-refractivity contribution in [3.8, 4) is 0 Å². The summed E-state index contributed by atoms with van der Waals surface area (Å²) in [5.74, 6) is -0.134.